The number of carbonyl (C=O) groups is 1. The normalized spacial score (nSPS) is 17.2. The summed E-state index contributed by atoms with van der Waals surface area (Å²) >= 11 is 0. The van der Waals surface area contributed by atoms with E-state index in [1.807, 2.05) is 48.4 Å². The summed E-state index contributed by atoms with van der Waals surface area (Å²) in [4.78, 5) is 23.5. The van der Waals surface area contributed by atoms with Gasteiger partial charge in [0.1, 0.15) is 0 Å². The molecule has 0 saturated carbocycles. The molecule has 126 valence electrons. The Kier molecular flexibility index (Phi) is 4.18. The molecule has 25 heavy (non-hydrogen) atoms. The highest BCUT2D eigenvalue weighted by Crippen LogP contribution is 2.24. The molecular weight excluding hydrogens is 310 g/mol. The number of likely N-dealkylation sites (tertiary alicyclic amines) is 1. The quantitative estimate of drug-likeness (QED) is 0.736. The molecule has 1 aliphatic rings. The summed E-state index contributed by atoms with van der Waals surface area (Å²) in [5, 5.41) is 1.18. The number of fused-ring (bicyclic) bond motifs is 1. The van der Waals surface area contributed by atoms with Gasteiger partial charge in [0.15, 0.2) is 0 Å². The SMILES string of the molecule is Cc1ncccc1C(=O)N1CCC(Cc2cnc3ccccc3c2)C1. The summed E-state index contributed by atoms with van der Waals surface area (Å²) in [5.41, 5.74) is 3.79. The van der Waals surface area contributed by atoms with Crippen LogP contribution in [0.25, 0.3) is 10.9 Å². The fourth-order valence-electron chi connectivity index (χ4n) is 3.63. The maximum atomic E-state index is 12.7. The molecule has 0 radical (unpaired) electrons. The first-order valence-corrected chi connectivity index (χ1v) is 8.75. The maximum absolute atomic E-state index is 12.7. The molecule has 4 heteroatoms. The molecule has 0 N–H and O–H groups in total. The Morgan fingerprint density at radius 3 is 2.96 bits per heavy atom. The zero-order valence-electron chi connectivity index (χ0n) is 14.4. The van der Waals surface area contributed by atoms with Crippen molar-refractivity contribution in [3.8, 4) is 0 Å². The van der Waals surface area contributed by atoms with Gasteiger partial charge in [-0.15, -0.1) is 0 Å². The Morgan fingerprint density at radius 2 is 2.08 bits per heavy atom. The van der Waals surface area contributed by atoms with E-state index in [4.69, 9.17) is 0 Å². The van der Waals surface area contributed by atoms with Gasteiger partial charge < -0.3 is 4.90 Å². The van der Waals surface area contributed by atoms with Crippen LogP contribution in [0.5, 0.6) is 0 Å². The first-order valence-electron chi connectivity index (χ1n) is 8.75. The summed E-state index contributed by atoms with van der Waals surface area (Å²) in [6.07, 6.45) is 5.70. The van der Waals surface area contributed by atoms with Crippen molar-refractivity contribution in [3.05, 3.63) is 71.7 Å². The summed E-state index contributed by atoms with van der Waals surface area (Å²) in [5.74, 6) is 0.591. The Morgan fingerprint density at radius 1 is 1.20 bits per heavy atom. The second-order valence-electron chi connectivity index (χ2n) is 6.78. The van der Waals surface area contributed by atoms with Gasteiger partial charge in [0.05, 0.1) is 11.1 Å². The zero-order chi connectivity index (χ0) is 17.2. The van der Waals surface area contributed by atoms with Crippen molar-refractivity contribution in [1.82, 2.24) is 14.9 Å². The van der Waals surface area contributed by atoms with E-state index in [1.165, 1.54) is 10.9 Å². The molecule has 1 aliphatic heterocycles. The molecule has 1 aromatic carbocycles. The van der Waals surface area contributed by atoms with Gasteiger partial charge in [-0.1, -0.05) is 18.2 Å². The van der Waals surface area contributed by atoms with Gasteiger partial charge in [0, 0.05) is 36.6 Å². The van der Waals surface area contributed by atoms with Gasteiger partial charge in [-0.3, -0.25) is 14.8 Å². The van der Waals surface area contributed by atoms with Crippen molar-refractivity contribution >= 4 is 16.8 Å². The van der Waals surface area contributed by atoms with Crippen LogP contribution in [0.3, 0.4) is 0 Å². The van der Waals surface area contributed by atoms with Crippen LogP contribution in [0.1, 0.15) is 28.0 Å². The number of hydrogen-bond acceptors (Lipinski definition) is 3. The predicted molar refractivity (Wildman–Crippen MR) is 98.4 cm³/mol. The summed E-state index contributed by atoms with van der Waals surface area (Å²) < 4.78 is 0. The van der Waals surface area contributed by atoms with E-state index < -0.39 is 0 Å². The second-order valence-corrected chi connectivity index (χ2v) is 6.78. The standard InChI is InChI=1S/C21H21N3O/c1-15-19(6-4-9-22-15)21(25)24-10-8-16(14-24)11-17-12-18-5-2-3-7-20(18)23-13-17/h2-7,9,12-13,16H,8,10-11,14H2,1H3. The number of para-hydroxylation sites is 1. The molecule has 1 unspecified atom stereocenters. The highest BCUT2D eigenvalue weighted by Gasteiger charge is 2.28. The average Bonchev–Trinajstić information content (AvgIpc) is 3.10. The molecule has 0 spiro atoms. The number of aromatic nitrogens is 2. The molecule has 3 aromatic rings. The topological polar surface area (TPSA) is 46.1 Å². The van der Waals surface area contributed by atoms with E-state index in [0.717, 1.165) is 42.7 Å². The van der Waals surface area contributed by atoms with Crippen molar-refractivity contribution in [2.75, 3.05) is 13.1 Å². The number of nitrogens with zero attached hydrogens (tertiary/aromatic N) is 3. The second kappa shape index (κ2) is 6.63. The van der Waals surface area contributed by atoms with E-state index in [0.29, 0.717) is 5.92 Å². The largest absolute Gasteiger partial charge is 0.338 e. The van der Waals surface area contributed by atoms with E-state index in [9.17, 15) is 4.79 Å². The molecule has 0 aliphatic carbocycles. The van der Waals surface area contributed by atoms with Gasteiger partial charge in [0.2, 0.25) is 0 Å². The fourth-order valence-corrected chi connectivity index (χ4v) is 3.63. The van der Waals surface area contributed by atoms with E-state index >= 15 is 0 Å². The van der Waals surface area contributed by atoms with Crippen LogP contribution in [0, 0.1) is 12.8 Å². The third kappa shape index (κ3) is 3.25. The van der Waals surface area contributed by atoms with Crippen molar-refractivity contribution in [2.24, 2.45) is 5.92 Å². The first-order chi connectivity index (χ1) is 12.2. The lowest BCUT2D eigenvalue weighted by molar-refractivity contribution is 0.0786. The Labute approximate surface area is 147 Å². The van der Waals surface area contributed by atoms with Crippen LogP contribution in [0.15, 0.2) is 54.9 Å². The lowest BCUT2D eigenvalue weighted by Gasteiger charge is -2.17. The number of carbonyl (C=O) groups excluding carboxylic acids is 1. The number of hydrogen-bond donors (Lipinski definition) is 0. The van der Waals surface area contributed by atoms with Crippen LogP contribution in [0.2, 0.25) is 0 Å². The molecule has 0 bridgehead atoms. The van der Waals surface area contributed by atoms with Crippen LogP contribution in [-0.4, -0.2) is 33.9 Å². The third-order valence-electron chi connectivity index (χ3n) is 4.98. The molecule has 1 amide bonds. The minimum atomic E-state index is 0.102. The number of amides is 1. The van der Waals surface area contributed by atoms with Crippen molar-refractivity contribution in [1.29, 1.82) is 0 Å². The third-order valence-corrected chi connectivity index (χ3v) is 4.98. The zero-order valence-corrected chi connectivity index (χ0v) is 14.4. The van der Waals surface area contributed by atoms with E-state index in [1.54, 1.807) is 6.20 Å². The molecule has 1 atom stereocenters. The molecular formula is C21H21N3O. The van der Waals surface area contributed by atoms with Gasteiger partial charge in [0.25, 0.3) is 5.91 Å². The first kappa shape index (κ1) is 15.8. The van der Waals surface area contributed by atoms with Gasteiger partial charge >= 0.3 is 0 Å². The molecule has 1 saturated heterocycles. The van der Waals surface area contributed by atoms with Crippen LogP contribution in [-0.2, 0) is 6.42 Å². The fraction of sp³-hybridized carbons (Fsp3) is 0.286. The lowest BCUT2D eigenvalue weighted by Crippen LogP contribution is -2.29. The highest BCUT2D eigenvalue weighted by molar-refractivity contribution is 5.95. The summed E-state index contributed by atoms with van der Waals surface area (Å²) in [6, 6.07) is 14.1. The van der Waals surface area contributed by atoms with Gasteiger partial charge in [-0.2, -0.15) is 0 Å². The minimum absolute atomic E-state index is 0.102. The van der Waals surface area contributed by atoms with Crippen LogP contribution >= 0.6 is 0 Å². The van der Waals surface area contributed by atoms with E-state index in [-0.39, 0.29) is 5.91 Å². The van der Waals surface area contributed by atoms with Crippen molar-refractivity contribution in [2.45, 2.75) is 19.8 Å². The predicted octanol–water partition coefficient (Wildman–Crippen LogP) is 3.64. The number of rotatable bonds is 3. The molecule has 4 rings (SSSR count). The van der Waals surface area contributed by atoms with Crippen molar-refractivity contribution in [3.63, 3.8) is 0 Å². The molecule has 3 heterocycles. The number of benzene rings is 1. The Bertz CT molecular complexity index is 922. The lowest BCUT2D eigenvalue weighted by atomic mass is 9.99. The highest BCUT2D eigenvalue weighted by atomic mass is 16.2. The Balaban J connectivity index is 1.45. The molecule has 4 nitrogen and oxygen atoms in total. The summed E-state index contributed by atoms with van der Waals surface area (Å²) in [7, 11) is 0. The Hall–Kier alpha value is -2.75. The number of aryl methyl sites for hydroxylation is 1. The maximum Gasteiger partial charge on any atom is 0.255 e. The van der Waals surface area contributed by atoms with Crippen LogP contribution < -0.4 is 0 Å². The van der Waals surface area contributed by atoms with E-state index in [2.05, 4.69) is 22.1 Å². The monoisotopic (exact) mass is 331 g/mol. The summed E-state index contributed by atoms with van der Waals surface area (Å²) in [6.45, 7) is 3.51. The van der Waals surface area contributed by atoms with Crippen molar-refractivity contribution < 1.29 is 4.79 Å². The van der Waals surface area contributed by atoms with Gasteiger partial charge in [-0.05, 0) is 55.5 Å². The number of pyridine rings is 2. The smallest absolute Gasteiger partial charge is 0.255 e. The van der Waals surface area contributed by atoms with Gasteiger partial charge in [-0.25, -0.2) is 0 Å². The molecule has 1 fully saturated rings. The average molecular weight is 331 g/mol. The van der Waals surface area contributed by atoms with Crippen LogP contribution in [0.4, 0.5) is 0 Å². The molecule has 2 aromatic heterocycles. The minimum Gasteiger partial charge on any atom is -0.338 e.